The molecular formula is C16H22Cl2O2. The summed E-state index contributed by atoms with van der Waals surface area (Å²) in [5, 5.41) is 11.7. The Bertz CT molecular complexity index is 437. The first-order chi connectivity index (χ1) is 9.57. The molecule has 2 rings (SSSR count). The molecule has 1 aliphatic carbocycles. The summed E-state index contributed by atoms with van der Waals surface area (Å²) >= 11 is 12.0. The van der Waals surface area contributed by atoms with E-state index in [-0.39, 0.29) is 5.60 Å². The number of ether oxygens (including phenoxy) is 1. The Morgan fingerprint density at radius 2 is 1.90 bits per heavy atom. The van der Waals surface area contributed by atoms with E-state index in [1.807, 2.05) is 19.1 Å². The van der Waals surface area contributed by atoms with Gasteiger partial charge in [-0.2, -0.15) is 0 Å². The Balaban J connectivity index is 2.11. The quantitative estimate of drug-likeness (QED) is 0.857. The Kier molecular flexibility index (Phi) is 5.74. The zero-order valence-corrected chi connectivity index (χ0v) is 13.4. The molecule has 0 heterocycles. The molecule has 20 heavy (non-hydrogen) atoms. The fraction of sp³-hybridized carbons (Fsp3) is 0.625. The Hall–Kier alpha value is -0.280. The molecule has 0 bridgehead atoms. The van der Waals surface area contributed by atoms with Crippen molar-refractivity contribution in [2.75, 3.05) is 6.61 Å². The van der Waals surface area contributed by atoms with Gasteiger partial charge in [0.1, 0.15) is 0 Å². The predicted molar refractivity (Wildman–Crippen MR) is 83.6 cm³/mol. The molecule has 2 nitrogen and oxygen atoms in total. The highest BCUT2D eigenvalue weighted by molar-refractivity contribution is 6.42. The molecule has 1 atom stereocenters. The van der Waals surface area contributed by atoms with Crippen molar-refractivity contribution in [1.82, 2.24) is 0 Å². The van der Waals surface area contributed by atoms with E-state index in [4.69, 9.17) is 27.9 Å². The smallest absolute Gasteiger partial charge is 0.0943 e. The minimum atomic E-state index is -0.500. The molecule has 4 heteroatoms. The Morgan fingerprint density at radius 1 is 1.20 bits per heavy atom. The molecule has 1 saturated carbocycles. The lowest BCUT2D eigenvalue weighted by Crippen LogP contribution is -2.47. The molecule has 1 unspecified atom stereocenters. The summed E-state index contributed by atoms with van der Waals surface area (Å²) in [4.78, 5) is 0. The highest BCUT2D eigenvalue weighted by Gasteiger charge is 2.39. The third-order valence-corrected chi connectivity index (χ3v) is 4.89. The molecule has 1 fully saturated rings. The molecule has 112 valence electrons. The Morgan fingerprint density at radius 3 is 2.50 bits per heavy atom. The van der Waals surface area contributed by atoms with Crippen LogP contribution in [0.1, 0.15) is 44.6 Å². The maximum absolute atomic E-state index is 10.7. The summed E-state index contributed by atoms with van der Waals surface area (Å²) in [6.45, 7) is 2.63. The molecule has 0 amide bonds. The number of halogens is 2. The predicted octanol–water partition coefficient (Wildman–Crippen LogP) is 4.64. The van der Waals surface area contributed by atoms with Crippen molar-refractivity contribution >= 4 is 23.2 Å². The molecule has 1 aromatic carbocycles. The molecule has 0 aliphatic heterocycles. The minimum Gasteiger partial charge on any atom is -0.390 e. The topological polar surface area (TPSA) is 29.5 Å². The highest BCUT2D eigenvalue weighted by atomic mass is 35.5. The van der Waals surface area contributed by atoms with Gasteiger partial charge in [-0.3, -0.25) is 0 Å². The van der Waals surface area contributed by atoms with Crippen LogP contribution in [0.5, 0.6) is 0 Å². The summed E-state index contributed by atoms with van der Waals surface area (Å²) in [6, 6.07) is 5.52. The number of aliphatic hydroxyl groups is 1. The SMILES string of the molecule is CCOC1(C(O)Cc2ccc(Cl)c(Cl)c2)CCCCC1. The standard InChI is InChI=1S/C16H22Cl2O2/c1-2-20-16(8-4-3-5-9-16)15(19)11-12-6-7-13(17)14(18)10-12/h6-7,10,15,19H,2-5,8-9,11H2,1H3. The zero-order chi connectivity index (χ0) is 14.6. The lowest BCUT2D eigenvalue weighted by molar-refractivity contribution is -0.138. The average molecular weight is 317 g/mol. The van der Waals surface area contributed by atoms with Crippen molar-refractivity contribution < 1.29 is 9.84 Å². The molecule has 1 aromatic rings. The maximum Gasteiger partial charge on any atom is 0.0943 e. The van der Waals surface area contributed by atoms with E-state index in [1.54, 1.807) is 6.07 Å². The van der Waals surface area contributed by atoms with Gasteiger partial charge in [-0.1, -0.05) is 48.5 Å². The molecular weight excluding hydrogens is 295 g/mol. The lowest BCUT2D eigenvalue weighted by Gasteiger charge is -2.41. The number of benzene rings is 1. The van der Waals surface area contributed by atoms with Crippen molar-refractivity contribution in [3.8, 4) is 0 Å². The van der Waals surface area contributed by atoms with Crippen molar-refractivity contribution in [3.63, 3.8) is 0 Å². The van der Waals surface area contributed by atoms with Crippen molar-refractivity contribution in [2.24, 2.45) is 0 Å². The van der Waals surface area contributed by atoms with Gasteiger partial charge in [-0.05, 0) is 37.5 Å². The first-order valence-corrected chi connectivity index (χ1v) is 8.09. The second kappa shape index (κ2) is 7.13. The Labute approximate surface area is 131 Å². The van der Waals surface area contributed by atoms with Gasteiger partial charge < -0.3 is 9.84 Å². The lowest BCUT2D eigenvalue weighted by atomic mass is 9.78. The third-order valence-electron chi connectivity index (χ3n) is 4.15. The molecule has 1 N–H and O–H groups in total. The van der Waals surface area contributed by atoms with Crippen molar-refractivity contribution in [3.05, 3.63) is 33.8 Å². The number of rotatable bonds is 5. The van der Waals surface area contributed by atoms with Crippen molar-refractivity contribution in [1.29, 1.82) is 0 Å². The van der Waals surface area contributed by atoms with E-state index in [9.17, 15) is 5.11 Å². The molecule has 1 aliphatic rings. The monoisotopic (exact) mass is 316 g/mol. The summed E-state index contributed by atoms with van der Waals surface area (Å²) in [5.74, 6) is 0. The zero-order valence-electron chi connectivity index (χ0n) is 11.9. The van der Waals surface area contributed by atoms with Crippen LogP contribution in [0, 0.1) is 0 Å². The van der Waals surface area contributed by atoms with E-state index in [1.165, 1.54) is 6.42 Å². The van der Waals surface area contributed by atoms with Gasteiger partial charge in [0.2, 0.25) is 0 Å². The van der Waals surface area contributed by atoms with Crippen LogP contribution in [-0.2, 0) is 11.2 Å². The molecule has 0 aromatic heterocycles. The summed E-state index contributed by atoms with van der Waals surface area (Å²) in [6.07, 6.45) is 5.40. The van der Waals surface area contributed by atoms with Gasteiger partial charge in [-0.15, -0.1) is 0 Å². The van der Waals surface area contributed by atoms with E-state index in [2.05, 4.69) is 0 Å². The van der Waals surface area contributed by atoms with Crippen LogP contribution >= 0.6 is 23.2 Å². The van der Waals surface area contributed by atoms with Crippen LogP contribution in [0.15, 0.2) is 18.2 Å². The van der Waals surface area contributed by atoms with E-state index >= 15 is 0 Å². The number of hydrogen-bond donors (Lipinski definition) is 1. The molecule has 0 radical (unpaired) electrons. The van der Waals surface area contributed by atoms with Gasteiger partial charge in [-0.25, -0.2) is 0 Å². The first kappa shape index (κ1) is 16.1. The molecule has 0 spiro atoms. The van der Waals surface area contributed by atoms with E-state index in [0.717, 1.165) is 31.2 Å². The normalized spacial score (nSPS) is 19.8. The highest BCUT2D eigenvalue weighted by Crippen LogP contribution is 2.36. The van der Waals surface area contributed by atoms with Gasteiger partial charge in [0.05, 0.1) is 21.8 Å². The van der Waals surface area contributed by atoms with E-state index in [0.29, 0.717) is 23.1 Å². The summed E-state index contributed by atoms with van der Waals surface area (Å²) < 4.78 is 5.95. The fourth-order valence-corrected chi connectivity index (χ4v) is 3.41. The summed E-state index contributed by atoms with van der Waals surface area (Å²) in [7, 11) is 0. The van der Waals surface area contributed by atoms with Crippen LogP contribution in [0.4, 0.5) is 0 Å². The summed E-state index contributed by atoms with van der Waals surface area (Å²) in [5.41, 5.74) is 0.607. The van der Waals surface area contributed by atoms with Crippen LogP contribution in [0.3, 0.4) is 0 Å². The van der Waals surface area contributed by atoms with Gasteiger partial charge in [0, 0.05) is 13.0 Å². The van der Waals surface area contributed by atoms with Gasteiger partial charge >= 0.3 is 0 Å². The van der Waals surface area contributed by atoms with E-state index < -0.39 is 6.10 Å². The number of hydrogen-bond acceptors (Lipinski definition) is 2. The second-order valence-electron chi connectivity index (χ2n) is 5.53. The largest absolute Gasteiger partial charge is 0.390 e. The van der Waals surface area contributed by atoms with Crippen LogP contribution in [0.2, 0.25) is 10.0 Å². The maximum atomic E-state index is 10.7. The van der Waals surface area contributed by atoms with Crippen LogP contribution in [-0.4, -0.2) is 23.4 Å². The number of aliphatic hydroxyl groups excluding tert-OH is 1. The van der Waals surface area contributed by atoms with Crippen LogP contribution < -0.4 is 0 Å². The first-order valence-electron chi connectivity index (χ1n) is 7.33. The van der Waals surface area contributed by atoms with Gasteiger partial charge in [0.25, 0.3) is 0 Å². The molecule has 0 saturated heterocycles. The van der Waals surface area contributed by atoms with Crippen molar-refractivity contribution in [2.45, 2.75) is 57.2 Å². The third kappa shape index (κ3) is 3.67. The van der Waals surface area contributed by atoms with Gasteiger partial charge in [0.15, 0.2) is 0 Å². The minimum absolute atomic E-state index is 0.390. The second-order valence-corrected chi connectivity index (χ2v) is 6.34. The fourth-order valence-electron chi connectivity index (χ4n) is 3.09. The average Bonchev–Trinajstić information content (AvgIpc) is 2.44. The van der Waals surface area contributed by atoms with Crippen LogP contribution in [0.25, 0.3) is 0 Å².